The summed E-state index contributed by atoms with van der Waals surface area (Å²) in [5.74, 6) is -1.31. The van der Waals surface area contributed by atoms with E-state index in [0.717, 1.165) is 12.8 Å². The molecule has 2 N–H and O–H groups in total. The molecule has 114 valence electrons. The zero-order chi connectivity index (χ0) is 15.6. The number of H-pyrrole nitrogens is 1. The van der Waals surface area contributed by atoms with E-state index in [2.05, 4.69) is 4.98 Å². The van der Waals surface area contributed by atoms with Crippen LogP contribution in [0, 0.1) is 11.3 Å². The highest BCUT2D eigenvalue weighted by Gasteiger charge is 2.40. The molecule has 6 nitrogen and oxygen atoms in total. The Morgan fingerprint density at radius 1 is 1.43 bits per heavy atom. The SMILES string of the molecule is CC(C)(C(=O)O)C1CCCN(C(=O)c2ccc[nH]c2=O)C1. The number of aromatic nitrogens is 1. The summed E-state index contributed by atoms with van der Waals surface area (Å²) < 4.78 is 0. The topological polar surface area (TPSA) is 90.5 Å². The van der Waals surface area contributed by atoms with Crippen LogP contribution >= 0.6 is 0 Å². The molecule has 1 aliphatic heterocycles. The number of aromatic amines is 1. The van der Waals surface area contributed by atoms with Crippen LogP contribution in [0.4, 0.5) is 0 Å². The zero-order valence-electron chi connectivity index (χ0n) is 12.3. The van der Waals surface area contributed by atoms with Crippen LogP contribution < -0.4 is 5.56 Å². The molecule has 0 bridgehead atoms. The van der Waals surface area contributed by atoms with E-state index >= 15 is 0 Å². The maximum absolute atomic E-state index is 12.4. The van der Waals surface area contributed by atoms with Crippen LogP contribution in [0.25, 0.3) is 0 Å². The van der Waals surface area contributed by atoms with Crippen LogP contribution in [-0.4, -0.2) is 40.0 Å². The molecule has 1 atom stereocenters. The van der Waals surface area contributed by atoms with Crippen LogP contribution in [0.1, 0.15) is 37.0 Å². The molecule has 21 heavy (non-hydrogen) atoms. The quantitative estimate of drug-likeness (QED) is 0.879. The Morgan fingerprint density at radius 3 is 2.76 bits per heavy atom. The smallest absolute Gasteiger partial charge is 0.309 e. The molecule has 0 saturated carbocycles. The van der Waals surface area contributed by atoms with Gasteiger partial charge in [0.05, 0.1) is 5.41 Å². The van der Waals surface area contributed by atoms with Gasteiger partial charge in [0.15, 0.2) is 0 Å². The van der Waals surface area contributed by atoms with Crippen LogP contribution in [0.3, 0.4) is 0 Å². The third-order valence-electron chi connectivity index (χ3n) is 4.33. The molecule has 1 unspecified atom stereocenters. The number of piperidine rings is 1. The highest BCUT2D eigenvalue weighted by molar-refractivity contribution is 5.93. The van der Waals surface area contributed by atoms with Gasteiger partial charge < -0.3 is 15.0 Å². The minimum Gasteiger partial charge on any atom is -0.481 e. The lowest BCUT2D eigenvalue weighted by Crippen LogP contribution is -2.47. The molecule has 0 spiro atoms. The summed E-state index contributed by atoms with van der Waals surface area (Å²) in [6, 6.07) is 3.10. The van der Waals surface area contributed by atoms with Gasteiger partial charge in [0.25, 0.3) is 11.5 Å². The summed E-state index contributed by atoms with van der Waals surface area (Å²) in [6.07, 6.45) is 3.00. The van der Waals surface area contributed by atoms with E-state index in [1.807, 2.05) is 0 Å². The molecule has 1 aliphatic rings. The Kier molecular flexibility index (Phi) is 4.16. The zero-order valence-corrected chi connectivity index (χ0v) is 12.3. The summed E-state index contributed by atoms with van der Waals surface area (Å²) in [4.78, 5) is 39.5. The molecule has 2 heterocycles. The predicted octanol–water partition coefficient (Wildman–Crippen LogP) is 1.34. The van der Waals surface area contributed by atoms with Crippen molar-refractivity contribution in [3.63, 3.8) is 0 Å². The molecular weight excluding hydrogens is 272 g/mol. The fraction of sp³-hybridized carbons (Fsp3) is 0.533. The summed E-state index contributed by atoms with van der Waals surface area (Å²) in [7, 11) is 0. The molecule has 1 saturated heterocycles. The van der Waals surface area contributed by atoms with Crippen molar-refractivity contribution in [2.75, 3.05) is 13.1 Å². The maximum Gasteiger partial charge on any atom is 0.309 e. The summed E-state index contributed by atoms with van der Waals surface area (Å²) in [5, 5.41) is 9.32. The van der Waals surface area contributed by atoms with E-state index in [1.165, 1.54) is 12.3 Å². The van der Waals surface area contributed by atoms with E-state index in [9.17, 15) is 19.5 Å². The first kappa shape index (κ1) is 15.3. The third kappa shape index (κ3) is 2.99. The summed E-state index contributed by atoms with van der Waals surface area (Å²) in [5.41, 5.74) is -1.20. The first-order valence-electron chi connectivity index (χ1n) is 7.04. The normalized spacial score (nSPS) is 19.3. The van der Waals surface area contributed by atoms with Gasteiger partial charge in [-0.1, -0.05) is 0 Å². The van der Waals surface area contributed by atoms with Crippen molar-refractivity contribution in [2.45, 2.75) is 26.7 Å². The highest BCUT2D eigenvalue weighted by Crippen LogP contribution is 2.34. The van der Waals surface area contributed by atoms with Crippen molar-refractivity contribution in [1.82, 2.24) is 9.88 Å². The average Bonchev–Trinajstić information content (AvgIpc) is 2.47. The van der Waals surface area contributed by atoms with Gasteiger partial charge >= 0.3 is 5.97 Å². The number of carbonyl (C=O) groups excluding carboxylic acids is 1. The third-order valence-corrected chi connectivity index (χ3v) is 4.33. The fourth-order valence-electron chi connectivity index (χ4n) is 2.69. The van der Waals surface area contributed by atoms with Gasteiger partial charge in [0.1, 0.15) is 5.56 Å². The summed E-state index contributed by atoms with van der Waals surface area (Å²) >= 11 is 0. The van der Waals surface area contributed by atoms with Gasteiger partial charge in [-0.2, -0.15) is 0 Å². The number of amides is 1. The number of carboxylic acid groups (broad SMARTS) is 1. The number of aliphatic carboxylic acids is 1. The Hall–Kier alpha value is -2.11. The lowest BCUT2D eigenvalue weighted by atomic mass is 9.74. The second-order valence-electron chi connectivity index (χ2n) is 6.03. The standard InChI is InChI=1S/C15H20N2O4/c1-15(2,14(20)21)10-5-4-8-17(9-10)13(19)11-6-3-7-16-12(11)18/h3,6-7,10H,4-5,8-9H2,1-2H3,(H,16,18)(H,20,21). The molecule has 0 radical (unpaired) electrons. The first-order chi connectivity index (χ1) is 9.84. The number of carboxylic acids is 1. The molecule has 1 aromatic heterocycles. The van der Waals surface area contributed by atoms with Crippen molar-refractivity contribution in [2.24, 2.45) is 11.3 Å². The van der Waals surface area contributed by atoms with Crippen molar-refractivity contribution in [3.05, 3.63) is 34.2 Å². The number of nitrogens with one attached hydrogen (secondary N) is 1. The summed E-state index contributed by atoms with van der Waals surface area (Å²) in [6.45, 7) is 4.29. The lowest BCUT2D eigenvalue weighted by Gasteiger charge is -2.39. The Balaban J connectivity index is 2.19. The second kappa shape index (κ2) is 5.71. The molecular formula is C15H20N2O4. The monoisotopic (exact) mass is 292 g/mol. The number of likely N-dealkylation sites (tertiary alicyclic amines) is 1. The molecule has 1 fully saturated rings. The molecule has 0 aliphatic carbocycles. The fourth-order valence-corrected chi connectivity index (χ4v) is 2.69. The average molecular weight is 292 g/mol. The van der Waals surface area contributed by atoms with Crippen molar-refractivity contribution in [1.29, 1.82) is 0 Å². The molecule has 1 aromatic rings. The second-order valence-corrected chi connectivity index (χ2v) is 6.03. The number of nitrogens with zero attached hydrogens (tertiary/aromatic N) is 1. The number of hydrogen-bond acceptors (Lipinski definition) is 3. The van der Waals surface area contributed by atoms with Gasteiger partial charge in [0, 0.05) is 19.3 Å². The van der Waals surface area contributed by atoms with Crippen LogP contribution in [0.15, 0.2) is 23.1 Å². The van der Waals surface area contributed by atoms with Gasteiger partial charge in [0.2, 0.25) is 0 Å². The van der Waals surface area contributed by atoms with E-state index in [-0.39, 0.29) is 17.4 Å². The van der Waals surface area contributed by atoms with Crippen molar-refractivity contribution >= 4 is 11.9 Å². The van der Waals surface area contributed by atoms with E-state index in [4.69, 9.17) is 0 Å². The largest absolute Gasteiger partial charge is 0.481 e. The number of pyridine rings is 1. The first-order valence-corrected chi connectivity index (χ1v) is 7.04. The number of rotatable bonds is 3. The Bertz CT molecular complexity index is 606. The van der Waals surface area contributed by atoms with Crippen LogP contribution in [-0.2, 0) is 4.79 Å². The van der Waals surface area contributed by atoms with Crippen molar-refractivity contribution < 1.29 is 14.7 Å². The predicted molar refractivity (Wildman–Crippen MR) is 77.1 cm³/mol. The Morgan fingerprint density at radius 2 is 2.14 bits per heavy atom. The van der Waals surface area contributed by atoms with Gasteiger partial charge in [-0.25, -0.2) is 0 Å². The highest BCUT2D eigenvalue weighted by atomic mass is 16.4. The van der Waals surface area contributed by atoms with E-state index < -0.39 is 16.9 Å². The van der Waals surface area contributed by atoms with Gasteiger partial charge in [-0.15, -0.1) is 0 Å². The number of hydrogen-bond donors (Lipinski definition) is 2. The maximum atomic E-state index is 12.4. The lowest BCUT2D eigenvalue weighted by molar-refractivity contribution is -0.151. The van der Waals surface area contributed by atoms with E-state index in [0.29, 0.717) is 13.1 Å². The number of carbonyl (C=O) groups is 2. The van der Waals surface area contributed by atoms with Gasteiger partial charge in [-0.3, -0.25) is 14.4 Å². The molecule has 2 rings (SSSR count). The minimum atomic E-state index is -0.887. The Labute approximate surface area is 122 Å². The molecule has 0 aromatic carbocycles. The minimum absolute atomic E-state index is 0.103. The van der Waals surface area contributed by atoms with Crippen LogP contribution in [0.5, 0.6) is 0 Å². The van der Waals surface area contributed by atoms with E-state index in [1.54, 1.807) is 24.8 Å². The van der Waals surface area contributed by atoms with Crippen molar-refractivity contribution in [3.8, 4) is 0 Å². The van der Waals surface area contributed by atoms with Gasteiger partial charge in [-0.05, 0) is 44.7 Å². The molecule has 6 heteroatoms. The molecule has 1 amide bonds. The van der Waals surface area contributed by atoms with Crippen LogP contribution in [0.2, 0.25) is 0 Å².